The number of hydrogen-bond donors (Lipinski definition) is 1. The molecule has 0 atom stereocenters. The smallest absolute Gasteiger partial charge is 0.346 e. The van der Waals surface area contributed by atoms with Gasteiger partial charge in [0.2, 0.25) is 0 Å². The zero-order valence-electron chi connectivity index (χ0n) is 12.4. The maximum Gasteiger partial charge on any atom is 0.346 e. The number of aromatic carboxylic acids is 1. The number of benzene rings is 2. The highest BCUT2D eigenvalue weighted by Crippen LogP contribution is 2.19. The van der Waals surface area contributed by atoms with Crippen LogP contribution in [0.1, 0.15) is 36.6 Å². The van der Waals surface area contributed by atoms with Gasteiger partial charge in [-0.25, -0.2) is 14.4 Å². The average Bonchev–Trinajstić information content (AvgIpc) is 2.54. The van der Waals surface area contributed by atoms with Crippen LogP contribution in [-0.2, 0) is 4.74 Å². The average molecular weight is 329 g/mol. The van der Waals surface area contributed by atoms with Gasteiger partial charge in [-0.15, -0.1) is 0 Å². The first-order valence-electron chi connectivity index (χ1n) is 6.64. The number of rotatable bonds is 4. The Morgan fingerprint density at radius 3 is 2.17 bits per heavy atom. The molecule has 0 unspecified atom stereocenters. The maximum atomic E-state index is 12.0. The summed E-state index contributed by atoms with van der Waals surface area (Å²) in [5, 5.41) is 19.8. The van der Waals surface area contributed by atoms with Gasteiger partial charge < -0.3 is 9.84 Å². The third-order valence-corrected chi connectivity index (χ3v) is 3.14. The van der Waals surface area contributed by atoms with E-state index < -0.39 is 39.6 Å². The molecule has 0 amide bonds. The minimum absolute atomic E-state index is 0.118. The lowest BCUT2D eigenvalue weighted by atomic mass is 10.1. The molecule has 0 fully saturated rings. The van der Waals surface area contributed by atoms with Crippen molar-refractivity contribution in [3.63, 3.8) is 0 Å². The van der Waals surface area contributed by atoms with E-state index in [1.807, 2.05) is 6.92 Å². The number of carboxylic acid groups (broad SMARTS) is 1. The highest BCUT2D eigenvalue weighted by molar-refractivity contribution is 6.08. The van der Waals surface area contributed by atoms with E-state index >= 15 is 0 Å². The Bertz CT molecular complexity index is 840. The molecule has 0 spiro atoms. The highest BCUT2D eigenvalue weighted by Gasteiger charge is 2.23. The van der Waals surface area contributed by atoms with Crippen molar-refractivity contribution in [1.29, 1.82) is 0 Å². The quantitative estimate of drug-likeness (QED) is 0.395. The van der Waals surface area contributed by atoms with Crippen LogP contribution in [0.5, 0.6) is 0 Å². The van der Waals surface area contributed by atoms with E-state index in [0.717, 1.165) is 23.8 Å². The van der Waals surface area contributed by atoms with Crippen molar-refractivity contribution in [2.24, 2.45) is 0 Å². The van der Waals surface area contributed by atoms with Gasteiger partial charge in [0.25, 0.3) is 5.69 Å². The monoisotopic (exact) mass is 329 g/mol. The summed E-state index contributed by atoms with van der Waals surface area (Å²) in [5.74, 6) is -3.70. The molecule has 1 N–H and O–H groups in total. The van der Waals surface area contributed by atoms with Crippen molar-refractivity contribution in [1.82, 2.24) is 0 Å². The van der Waals surface area contributed by atoms with Crippen LogP contribution in [0.15, 0.2) is 42.5 Å². The number of aryl methyl sites for hydroxylation is 1. The molecule has 2 aromatic carbocycles. The Labute approximate surface area is 135 Å². The van der Waals surface area contributed by atoms with Crippen LogP contribution >= 0.6 is 0 Å². The molecule has 8 nitrogen and oxygen atoms in total. The molecule has 0 bridgehead atoms. The number of carbonyl (C=O) groups excluding carboxylic acids is 2. The third-order valence-electron chi connectivity index (χ3n) is 3.14. The number of ether oxygens (including phenoxy) is 1. The molecule has 0 aliphatic rings. The number of hydrogen-bond acceptors (Lipinski definition) is 6. The van der Waals surface area contributed by atoms with Gasteiger partial charge in [0, 0.05) is 12.1 Å². The number of carbonyl (C=O) groups is 3. The summed E-state index contributed by atoms with van der Waals surface area (Å²) in [6.07, 6.45) is 0. The minimum Gasteiger partial charge on any atom is -0.478 e. The molecular weight excluding hydrogens is 318 g/mol. The first-order valence-corrected chi connectivity index (χ1v) is 6.64. The molecule has 24 heavy (non-hydrogen) atoms. The first-order chi connectivity index (χ1) is 11.3. The standard InChI is InChI=1S/C16H11NO7/c1-9-2-4-10(5-3-9)15(20)24-16(21)12-7-6-11(17(22)23)8-13(12)14(18)19/h2-8H,1H3,(H,18,19). The Balaban J connectivity index is 2.29. The van der Waals surface area contributed by atoms with Gasteiger partial charge in [-0.3, -0.25) is 10.1 Å². The first kappa shape index (κ1) is 16.8. The Morgan fingerprint density at radius 1 is 1.00 bits per heavy atom. The SMILES string of the molecule is Cc1ccc(C(=O)OC(=O)c2ccc([N+](=O)[O-])cc2C(=O)O)cc1. The molecular formula is C16H11NO7. The summed E-state index contributed by atoms with van der Waals surface area (Å²) in [6.45, 7) is 1.82. The van der Waals surface area contributed by atoms with Crippen LogP contribution in [0, 0.1) is 17.0 Å². The zero-order valence-corrected chi connectivity index (χ0v) is 12.4. The Morgan fingerprint density at radius 2 is 1.62 bits per heavy atom. The summed E-state index contributed by atoms with van der Waals surface area (Å²) >= 11 is 0. The molecule has 0 radical (unpaired) electrons. The molecule has 0 heterocycles. The molecule has 2 rings (SSSR count). The summed E-state index contributed by atoms with van der Waals surface area (Å²) in [7, 11) is 0. The van der Waals surface area contributed by atoms with Crippen molar-refractivity contribution < 1.29 is 29.2 Å². The van der Waals surface area contributed by atoms with Gasteiger partial charge >= 0.3 is 17.9 Å². The van der Waals surface area contributed by atoms with Crippen LogP contribution in [-0.4, -0.2) is 27.9 Å². The number of nitro groups is 1. The second-order valence-corrected chi connectivity index (χ2v) is 4.84. The van der Waals surface area contributed by atoms with Crippen LogP contribution < -0.4 is 0 Å². The molecule has 0 aliphatic heterocycles. The maximum absolute atomic E-state index is 12.0. The van der Waals surface area contributed by atoms with Gasteiger partial charge in [-0.05, 0) is 25.1 Å². The largest absolute Gasteiger partial charge is 0.478 e. The molecule has 122 valence electrons. The molecule has 0 saturated heterocycles. The predicted octanol–water partition coefficient (Wildman–Crippen LogP) is 2.60. The molecule has 0 aromatic heterocycles. The van der Waals surface area contributed by atoms with E-state index in [4.69, 9.17) is 5.11 Å². The van der Waals surface area contributed by atoms with Gasteiger partial charge in [0.05, 0.1) is 21.6 Å². The van der Waals surface area contributed by atoms with Gasteiger partial charge in [-0.2, -0.15) is 0 Å². The topological polar surface area (TPSA) is 124 Å². The zero-order chi connectivity index (χ0) is 17.9. The van der Waals surface area contributed by atoms with Crippen LogP contribution in [0.4, 0.5) is 5.69 Å². The van der Waals surface area contributed by atoms with Crippen molar-refractivity contribution in [3.05, 3.63) is 74.8 Å². The van der Waals surface area contributed by atoms with E-state index in [1.54, 1.807) is 12.1 Å². The second kappa shape index (κ2) is 6.69. The van der Waals surface area contributed by atoms with E-state index in [2.05, 4.69) is 4.74 Å². The molecule has 0 saturated carbocycles. The molecule has 0 aliphatic carbocycles. The fraction of sp³-hybridized carbons (Fsp3) is 0.0625. The predicted molar refractivity (Wildman–Crippen MR) is 81.0 cm³/mol. The summed E-state index contributed by atoms with van der Waals surface area (Å²) < 4.78 is 4.64. The van der Waals surface area contributed by atoms with Crippen molar-refractivity contribution >= 4 is 23.6 Å². The summed E-state index contributed by atoms with van der Waals surface area (Å²) in [6, 6.07) is 8.84. The second-order valence-electron chi connectivity index (χ2n) is 4.84. The van der Waals surface area contributed by atoms with Crippen LogP contribution in [0.3, 0.4) is 0 Å². The van der Waals surface area contributed by atoms with Crippen LogP contribution in [0.2, 0.25) is 0 Å². The van der Waals surface area contributed by atoms with Crippen molar-refractivity contribution in [2.45, 2.75) is 6.92 Å². The van der Waals surface area contributed by atoms with E-state index in [-0.39, 0.29) is 5.56 Å². The fourth-order valence-electron chi connectivity index (χ4n) is 1.89. The van der Waals surface area contributed by atoms with E-state index in [1.165, 1.54) is 12.1 Å². The van der Waals surface area contributed by atoms with Crippen molar-refractivity contribution in [2.75, 3.05) is 0 Å². The fourth-order valence-corrected chi connectivity index (χ4v) is 1.89. The van der Waals surface area contributed by atoms with E-state index in [9.17, 15) is 24.5 Å². The Hall–Kier alpha value is -3.55. The number of non-ortho nitro benzene ring substituents is 1. The summed E-state index contributed by atoms with van der Waals surface area (Å²) in [4.78, 5) is 45.0. The normalized spacial score (nSPS) is 10.0. The van der Waals surface area contributed by atoms with Crippen LogP contribution in [0.25, 0.3) is 0 Å². The van der Waals surface area contributed by atoms with Gasteiger partial charge in [0.1, 0.15) is 0 Å². The Kier molecular flexibility index (Phi) is 4.69. The molecule has 2 aromatic rings. The van der Waals surface area contributed by atoms with Crippen molar-refractivity contribution in [3.8, 4) is 0 Å². The highest BCUT2D eigenvalue weighted by atomic mass is 16.6. The van der Waals surface area contributed by atoms with Gasteiger partial charge in [-0.1, -0.05) is 17.7 Å². The summed E-state index contributed by atoms with van der Waals surface area (Å²) in [5.41, 5.74) is -0.539. The lowest BCUT2D eigenvalue weighted by Gasteiger charge is -2.06. The number of esters is 2. The minimum atomic E-state index is -1.55. The lowest BCUT2D eigenvalue weighted by Crippen LogP contribution is -2.16. The molecule has 8 heteroatoms. The van der Waals surface area contributed by atoms with E-state index in [0.29, 0.717) is 0 Å². The lowest BCUT2D eigenvalue weighted by molar-refractivity contribution is -0.384. The third kappa shape index (κ3) is 3.61. The number of carboxylic acids is 1. The number of nitro benzene ring substituents is 1. The van der Waals surface area contributed by atoms with Gasteiger partial charge in [0.15, 0.2) is 0 Å². The number of nitrogens with zero attached hydrogens (tertiary/aromatic N) is 1.